The van der Waals surface area contributed by atoms with Crippen molar-refractivity contribution in [1.29, 1.82) is 0 Å². The van der Waals surface area contributed by atoms with Gasteiger partial charge in [-0.25, -0.2) is 0 Å². The molecule has 0 saturated carbocycles. The van der Waals surface area contributed by atoms with Crippen LogP contribution < -0.4 is 0 Å². The van der Waals surface area contributed by atoms with E-state index in [-0.39, 0.29) is 0 Å². The molecule has 0 atom stereocenters. The van der Waals surface area contributed by atoms with Crippen LogP contribution >= 0.6 is 0 Å². The lowest BCUT2D eigenvalue weighted by Gasteiger charge is -2.00. The molecule has 0 spiro atoms. The highest BCUT2D eigenvalue weighted by Gasteiger charge is 2.13. The average molecular weight is 284 g/mol. The predicted molar refractivity (Wildman–Crippen MR) is 94.6 cm³/mol. The summed E-state index contributed by atoms with van der Waals surface area (Å²) >= 11 is 0. The third-order valence-electron chi connectivity index (χ3n) is 4.77. The van der Waals surface area contributed by atoms with Crippen LogP contribution in [0.25, 0.3) is 43.6 Å². The number of rotatable bonds is 0. The molecule has 2 heteroatoms. The van der Waals surface area contributed by atoms with E-state index < -0.39 is 0 Å². The zero-order valence-corrected chi connectivity index (χ0v) is 12.6. The zero-order valence-electron chi connectivity index (χ0n) is 12.6. The number of para-hydroxylation sites is 1. The Balaban J connectivity index is 2.07. The monoisotopic (exact) mass is 284 g/mol. The molecule has 0 aliphatic carbocycles. The number of nitrogens with one attached hydrogen (secondary N) is 2. The molecule has 106 valence electrons. The van der Waals surface area contributed by atoms with Crippen LogP contribution in [-0.2, 0) is 0 Å². The summed E-state index contributed by atoms with van der Waals surface area (Å²) in [5.41, 5.74) is 7.49. The molecule has 2 aromatic heterocycles. The van der Waals surface area contributed by atoms with Crippen molar-refractivity contribution in [2.45, 2.75) is 13.8 Å². The lowest BCUT2D eigenvalue weighted by Crippen LogP contribution is -1.79. The first-order valence-corrected chi connectivity index (χ1v) is 7.64. The van der Waals surface area contributed by atoms with Crippen molar-refractivity contribution < 1.29 is 0 Å². The van der Waals surface area contributed by atoms with Gasteiger partial charge in [-0.15, -0.1) is 0 Å². The first kappa shape index (κ1) is 11.9. The molecule has 3 aromatic carbocycles. The van der Waals surface area contributed by atoms with E-state index in [1.807, 2.05) is 0 Å². The molecule has 0 saturated heterocycles. The van der Waals surface area contributed by atoms with Crippen LogP contribution in [0.3, 0.4) is 0 Å². The number of aryl methyl sites for hydroxylation is 2. The van der Waals surface area contributed by atoms with Crippen LogP contribution in [0.5, 0.6) is 0 Å². The topological polar surface area (TPSA) is 31.6 Å². The molecule has 2 N–H and O–H groups in total. The van der Waals surface area contributed by atoms with Crippen molar-refractivity contribution in [3.8, 4) is 0 Å². The van der Waals surface area contributed by atoms with Crippen molar-refractivity contribution in [1.82, 2.24) is 9.97 Å². The maximum absolute atomic E-state index is 3.61. The molecule has 5 rings (SSSR count). The second-order valence-corrected chi connectivity index (χ2v) is 6.19. The molecule has 0 unspecified atom stereocenters. The Morgan fingerprint density at radius 2 is 1.50 bits per heavy atom. The molecule has 2 heterocycles. The van der Waals surface area contributed by atoms with Gasteiger partial charge in [0.05, 0.1) is 5.52 Å². The Morgan fingerprint density at radius 3 is 2.41 bits per heavy atom. The summed E-state index contributed by atoms with van der Waals surface area (Å²) in [6, 6.07) is 17.4. The average Bonchev–Trinajstić information content (AvgIpc) is 3.06. The fraction of sp³-hybridized carbons (Fsp3) is 0.100. The highest BCUT2D eigenvalue weighted by Crippen LogP contribution is 2.36. The fourth-order valence-electron chi connectivity index (χ4n) is 3.72. The number of aromatic nitrogens is 2. The highest BCUT2D eigenvalue weighted by atomic mass is 14.7. The molecule has 0 amide bonds. The van der Waals surface area contributed by atoms with Crippen molar-refractivity contribution in [2.24, 2.45) is 0 Å². The van der Waals surface area contributed by atoms with E-state index in [1.54, 1.807) is 0 Å². The number of aromatic amines is 2. The lowest BCUT2D eigenvalue weighted by atomic mass is 10.0. The van der Waals surface area contributed by atoms with Gasteiger partial charge in [-0.3, -0.25) is 0 Å². The smallest absolute Gasteiger partial charge is 0.0502 e. The first-order valence-electron chi connectivity index (χ1n) is 7.64. The fourth-order valence-corrected chi connectivity index (χ4v) is 3.72. The summed E-state index contributed by atoms with van der Waals surface area (Å²) in [5.74, 6) is 0. The van der Waals surface area contributed by atoms with Gasteiger partial charge in [-0.1, -0.05) is 29.8 Å². The number of benzene rings is 3. The Morgan fingerprint density at radius 1 is 0.682 bits per heavy atom. The van der Waals surface area contributed by atoms with Crippen LogP contribution in [0.1, 0.15) is 11.1 Å². The van der Waals surface area contributed by atoms with Crippen molar-refractivity contribution >= 4 is 43.6 Å². The standard InChI is InChI=1S/C20H16N2/c1-11-7-8-17-14(9-11)15-10-18-19(12(2)20(15)22-17)13-5-3-4-6-16(13)21-18/h3-10,21-22H,1-2H3. The van der Waals surface area contributed by atoms with Gasteiger partial charge in [0.1, 0.15) is 0 Å². The van der Waals surface area contributed by atoms with Gasteiger partial charge < -0.3 is 9.97 Å². The summed E-state index contributed by atoms with van der Waals surface area (Å²) in [7, 11) is 0. The number of H-pyrrole nitrogens is 2. The van der Waals surface area contributed by atoms with Crippen LogP contribution in [0, 0.1) is 13.8 Å². The minimum atomic E-state index is 1.20. The molecule has 0 radical (unpaired) electrons. The summed E-state index contributed by atoms with van der Waals surface area (Å²) in [4.78, 5) is 7.17. The third kappa shape index (κ3) is 1.39. The minimum Gasteiger partial charge on any atom is -0.354 e. The Labute approximate surface area is 127 Å². The summed E-state index contributed by atoms with van der Waals surface area (Å²) in [5, 5.41) is 5.23. The van der Waals surface area contributed by atoms with Gasteiger partial charge in [0, 0.05) is 38.1 Å². The van der Waals surface area contributed by atoms with E-state index in [9.17, 15) is 0 Å². The molecule has 0 aliphatic rings. The maximum Gasteiger partial charge on any atom is 0.0502 e. The molecular formula is C20H16N2. The van der Waals surface area contributed by atoms with E-state index in [1.165, 1.54) is 54.7 Å². The van der Waals surface area contributed by atoms with E-state index in [0.717, 1.165) is 0 Å². The molecular weight excluding hydrogens is 268 g/mol. The molecule has 2 nitrogen and oxygen atoms in total. The van der Waals surface area contributed by atoms with E-state index in [0.29, 0.717) is 0 Å². The normalized spacial score (nSPS) is 12.1. The number of hydrogen-bond acceptors (Lipinski definition) is 0. The SMILES string of the molecule is Cc1ccc2[nH]c3c(C)c4c(cc3c2c1)[nH]c1ccccc14. The van der Waals surface area contributed by atoms with Crippen molar-refractivity contribution in [3.63, 3.8) is 0 Å². The van der Waals surface area contributed by atoms with Crippen molar-refractivity contribution in [3.05, 3.63) is 59.7 Å². The lowest BCUT2D eigenvalue weighted by molar-refractivity contribution is 1.46. The molecule has 5 aromatic rings. The second kappa shape index (κ2) is 3.92. The Bertz CT molecular complexity index is 1190. The Hall–Kier alpha value is -2.74. The Kier molecular flexibility index (Phi) is 2.11. The number of fused-ring (bicyclic) bond motifs is 6. The van der Waals surface area contributed by atoms with Gasteiger partial charge in [0.2, 0.25) is 0 Å². The largest absolute Gasteiger partial charge is 0.354 e. The predicted octanol–water partition coefficient (Wildman–Crippen LogP) is 5.57. The van der Waals surface area contributed by atoms with Crippen molar-refractivity contribution in [2.75, 3.05) is 0 Å². The van der Waals surface area contributed by atoms with E-state index in [4.69, 9.17) is 0 Å². The van der Waals surface area contributed by atoms with Gasteiger partial charge in [-0.05, 0) is 43.7 Å². The summed E-state index contributed by atoms with van der Waals surface area (Å²) in [6.45, 7) is 4.36. The maximum atomic E-state index is 3.61. The van der Waals surface area contributed by atoms with E-state index in [2.05, 4.69) is 72.3 Å². The molecule has 0 fully saturated rings. The van der Waals surface area contributed by atoms with Crippen LogP contribution in [0.2, 0.25) is 0 Å². The van der Waals surface area contributed by atoms with Crippen LogP contribution in [0.15, 0.2) is 48.5 Å². The third-order valence-corrected chi connectivity index (χ3v) is 4.77. The van der Waals surface area contributed by atoms with Gasteiger partial charge in [0.15, 0.2) is 0 Å². The summed E-state index contributed by atoms with van der Waals surface area (Å²) in [6.07, 6.45) is 0. The van der Waals surface area contributed by atoms with Gasteiger partial charge in [0.25, 0.3) is 0 Å². The quantitative estimate of drug-likeness (QED) is 0.372. The van der Waals surface area contributed by atoms with E-state index >= 15 is 0 Å². The zero-order chi connectivity index (χ0) is 14.8. The highest BCUT2D eigenvalue weighted by molar-refractivity contribution is 6.19. The van der Waals surface area contributed by atoms with Gasteiger partial charge >= 0.3 is 0 Å². The summed E-state index contributed by atoms with van der Waals surface area (Å²) < 4.78 is 0. The number of hydrogen-bond donors (Lipinski definition) is 2. The first-order chi connectivity index (χ1) is 10.7. The minimum absolute atomic E-state index is 1.20. The van der Waals surface area contributed by atoms with Gasteiger partial charge in [-0.2, -0.15) is 0 Å². The van der Waals surface area contributed by atoms with Crippen LogP contribution in [-0.4, -0.2) is 9.97 Å². The van der Waals surface area contributed by atoms with Crippen LogP contribution in [0.4, 0.5) is 0 Å². The second-order valence-electron chi connectivity index (χ2n) is 6.19. The molecule has 0 bridgehead atoms. The molecule has 22 heavy (non-hydrogen) atoms. The molecule has 0 aliphatic heterocycles.